The van der Waals surface area contributed by atoms with Crippen molar-refractivity contribution in [1.82, 2.24) is 0 Å². The fraction of sp³-hybridized carbons (Fsp3) is 0.613. The number of hydrogen-bond donors (Lipinski definition) is 0. The SMILES string of the molecule is CCCC1CCC(c2ccc(-c3ccc(C4CCC(CCC)CC4)cc3C)cc2)CC1. The van der Waals surface area contributed by atoms with Crippen LogP contribution < -0.4 is 0 Å². The van der Waals surface area contributed by atoms with Crippen LogP contribution in [-0.2, 0) is 0 Å². The average molecular weight is 417 g/mol. The predicted octanol–water partition coefficient (Wildman–Crippen LogP) is 9.81. The summed E-state index contributed by atoms with van der Waals surface area (Å²) < 4.78 is 0. The molecule has 4 rings (SSSR count). The van der Waals surface area contributed by atoms with Gasteiger partial charge < -0.3 is 0 Å². The van der Waals surface area contributed by atoms with Gasteiger partial charge in [0.05, 0.1) is 0 Å². The molecule has 0 bridgehead atoms. The second-order valence-corrected chi connectivity index (χ2v) is 10.7. The fourth-order valence-corrected chi connectivity index (χ4v) is 6.58. The summed E-state index contributed by atoms with van der Waals surface area (Å²) in [5, 5.41) is 0. The van der Waals surface area contributed by atoms with E-state index in [1.165, 1.54) is 93.7 Å². The van der Waals surface area contributed by atoms with Crippen LogP contribution in [0.3, 0.4) is 0 Å². The first-order chi connectivity index (χ1) is 15.2. The molecule has 0 heteroatoms. The van der Waals surface area contributed by atoms with Gasteiger partial charge in [0.25, 0.3) is 0 Å². The van der Waals surface area contributed by atoms with Gasteiger partial charge in [-0.05, 0) is 110 Å². The van der Waals surface area contributed by atoms with E-state index >= 15 is 0 Å². The van der Waals surface area contributed by atoms with Crippen molar-refractivity contribution < 1.29 is 0 Å². The molecule has 0 nitrogen and oxygen atoms in total. The van der Waals surface area contributed by atoms with E-state index < -0.39 is 0 Å². The summed E-state index contributed by atoms with van der Waals surface area (Å²) in [5.74, 6) is 3.55. The molecule has 2 aliphatic rings. The molecule has 0 spiro atoms. The lowest BCUT2D eigenvalue weighted by Gasteiger charge is -2.29. The highest BCUT2D eigenvalue weighted by Crippen LogP contribution is 2.40. The van der Waals surface area contributed by atoms with Crippen molar-refractivity contribution in [2.24, 2.45) is 11.8 Å². The Morgan fingerprint density at radius 3 is 1.58 bits per heavy atom. The second kappa shape index (κ2) is 10.8. The highest BCUT2D eigenvalue weighted by molar-refractivity contribution is 5.68. The summed E-state index contributed by atoms with van der Waals surface area (Å²) >= 11 is 0. The van der Waals surface area contributed by atoms with Gasteiger partial charge in [-0.3, -0.25) is 0 Å². The molecule has 0 aliphatic heterocycles. The Hall–Kier alpha value is -1.56. The van der Waals surface area contributed by atoms with Gasteiger partial charge in [0.15, 0.2) is 0 Å². The number of aryl methyl sites for hydroxylation is 1. The molecule has 0 aromatic heterocycles. The van der Waals surface area contributed by atoms with Crippen molar-refractivity contribution in [3.63, 3.8) is 0 Å². The van der Waals surface area contributed by atoms with E-state index in [2.05, 4.69) is 63.2 Å². The highest BCUT2D eigenvalue weighted by Gasteiger charge is 2.23. The Balaban J connectivity index is 1.39. The minimum absolute atomic E-state index is 0.783. The molecule has 2 saturated carbocycles. The lowest BCUT2D eigenvalue weighted by Crippen LogP contribution is -2.13. The second-order valence-electron chi connectivity index (χ2n) is 10.7. The fourth-order valence-electron chi connectivity index (χ4n) is 6.58. The maximum Gasteiger partial charge on any atom is -0.0155 e. The van der Waals surface area contributed by atoms with E-state index in [9.17, 15) is 0 Å². The third kappa shape index (κ3) is 5.63. The van der Waals surface area contributed by atoms with Crippen LogP contribution in [0.25, 0.3) is 11.1 Å². The van der Waals surface area contributed by atoms with Crippen molar-refractivity contribution in [1.29, 1.82) is 0 Å². The molecule has 2 fully saturated rings. The van der Waals surface area contributed by atoms with Crippen LogP contribution in [-0.4, -0.2) is 0 Å². The lowest BCUT2D eigenvalue weighted by molar-refractivity contribution is 0.308. The maximum atomic E-state index is 2.49. The first-order valence-corrected chi connectivity index (χ1v) is 13.4. The van der Waals surface area contributed by atoms with Gasteiger partial charge >= 0.3 is 0 Å². The smallest absolute Gasteiger partial charge is 0.0155 e. The number of rotatable bonds is 7. The zero-order valence-corrected chi connectivity index (χ0v) is 20.3. The minimum atomic E-state index is 0.783. The van der Waals surface area contributed by atoms with Crippen LogP contribution in [0.2, 0.25) is 0 Å². The Kier molecular flexibility index (Phi) is 7.91. The van der Waals surface area contributed by atoms with Crippen LogP contribution in [0.15, 0.2) is 42.5 Å². The Bertz CT molecular complexity index is 798. The Morgan fingerprint density at radius 1 is 0.613 bits per heavy atom. The molecule has 0 radical (unpaired) electrons. The van der Waals surface area contributed by atoms with E-state index in [4.69, 9.17) is 0 Å². The minimum Gasteiger partial charge on any atom is -0.0654 e. The summed E-state index contributed by atoms with van der Waals surface area (Å²) in [6.45, 7) is 6.97. The first kappa shape index (κ1) is 22.6. The molecule has 0 atom stereocenters. The van der Waals surface area contributed by atoms with Crippen LogP contribution in [0.5, 0.6) is 0 Å². The molecule has 0 heterocycles. The van der Waals surface area contributed by atoms with E-state index in [1.54, 1.807) is 11.1 Å². The molecule has 31 heavy (non-hydrogen) atoms. The third-order valence-corrected chi connectivity index (χ3v) is 8.50. The Morgan fingerprint density at radius 2 is 1.10 bits per heavy atom. The molecule has 0 N–H and O–H groups in total. The Labute approximate surface area is 191 Å². The molecular formula is C31H44. The lowest BCUT2D eigenvalue weighted by atomic mass is 9.76. The molecule has 0 amide bonds. The summed E-state index contributed by atoms with van der Waals surface area (Å²) in [7, 11) is 0. The quantitative estimate of drug-likeness (QED) is 0.421. The molecule has 168 valence electrons. The summed E-state index contributed by atoms with van der Waals surface area (Å²) in [6.07, 6.45) is 16.8. The van der Waals surface area contributed by atoms with Gasteiger partial charge in [0, 0.05) is 0 Å². The van der Waals surface area contributed by atoms with Crippen molar-refractivity contribution >= 4 is 0 Å². The van der Waals surface area contributed by atoms with Crippen LogP contribution in [0.1, 0.15) is 119 Å². The monoisotopic (exact) mass is 416 g/mol. The zero-order chi connectivity index (χ0) is 21.6. The van der Waals surface area contributed by atoms with Crippen molar-refractivity contribution in [2.75, 3.05) is 0 Å². The summed E-state index contributed by atoms with van der Waals surface area (Å²) in [5.41, 5.74) is 7.40. The number of hydrogen-bond acceptors (Lipinski definition) is 0. The first-order valence-electron chi connectivity index (χ1n) is 13.4. The van der Waals surface area contributed by atoms with Gasteiger partial charge in [0.2, 0.25) is 0 Å². The van der Waals surface area contributed by atoms with E-state index in [1.807, 2.05) is 0 Å². The molecule has 2 aromatic carbocycles. The highest BCUT2D eigenvalue weighted by atomic mass is 14.3. The summed E-state index contributed by atoms with van der Waals surface area (Å²) in [4.78, 5) is 0. The van der Waals surface area contributed by atoms with Gasteiger partial charge in [-0.2, -0.15) is 0 Å². The van der Waals surface area contributed by atoms with E-state index in [0.29, 0.717) is 0 Å². The van der Waals surface area contributed by atoms with Crippen LogP contribution >= 0.6 is 0 Å². The molecular weight excluding hydrogens is 372 g/mol. The number of benzene rings is 2. The van der Waals surface area contributed by atoms with Crippen LogP contribution in [0, 0.1) is 18.8 Å². The maximum absolute atomic E-state index is 2.49. The molecule has 0 saturated heterocycles. The topological polar surface area (TPSA) is 0 Å². The van der Waals surface area contributed by atoms with Gasteiger partial charge in [0.1, 0.15) is 0 Å². The zero-order valence-electron chi connectivity index (χ0n) is 20.3. The molecule has 2 aromatic rings. The molecule has 2 aliphatic carbocycles. The van der Waals surface area contributed by atoms with Gasteiger partial charge in [-0.1, -0.05) is 82.0 Å². The standard InChI is InChI=1S/C31H44/c1-4-6-24-8-12-26(13-9-24)27-16-18-29(19-17-27)31-21-20-30(22-23(31)3)28-14-10-25(7-5-2)11-15-28/h16-22,24-26,28H,4-15H2,1-3H3. The predicted molar refractivity (Wildman–Crippen MR) is 136 cm³/mol. The normalized spacial score (nSPS) is 26.7. The van der Waals surface area contributed by atoms with E-state index in [-0.39, 0.29) is 0 Å². The molecule has 0 unspecified atom stereocenters. The van der Waals surface area contributed by atoms with Gasteiger partial charge in [-0.15, -0.1) is 0 Å². The third-order valence-electron chi connectivity index (χ3n) is 8.50. The van der Waals surface area contributed by atoms with Gasteiger partial charge in [-0.25, -0.2) is 0 Å². The van der Waals surface area contributed by atoms with E-state index in [0.717, 1.165) is 23.7 Å². The van der Waals surface area contributed by atoms with Crippen molar-refractivity contribution in [3.05, 3.63) is 59.2 Å². The average Bonchev–Trinajstić information content (AvgIpc) is 2.81. The van der Waals surface area contributed by atoms with Crippen molar-refractivity contribution in [3.8, 4) is 11.1 Å². The van der Waals surface area contributed by atoms with Crippen LogP contribution in [0.4, 0.5) is 0 Å². The van der Waals surface area contributed by atoms with Crippen molar-refractivity contribution in [2.45, 2.75) is 110 Å². The largest absolute Gasteiger partial charge is 0.0654 e. The summed E-state index contributed by atoms with van der Waals surface area (Å²) in [6, 6.07) is 16.9.